The second kappa shape index (κ2) is 12.5. The Kier molecular flexibility index (Phi) is 9.69. The van der Waals surface area contributed by atoms with Crippen LogP contribution in [0.15, 0.2) is 23.5 Å². The molecule has 3 saturated carbocycles. The monoisotopic (exact) mass is 552 g/mol. The first-order chi connectivity index (χ1) is 18.6. The summed E-state index contributed by atoms with van der Waals surface area (Å²) in [5.74, 6) is -0.384. The van der Waals surface area contributed by atoms with Gasteiger partial charge in [0.25, 0.3) is 0 Å². The van der Waals surface area contributed by atoms with Crippen molar-refractivity contribution < 1.29 is 49.0 Å². The molecule has 10 heteroatoms. The van der Waals surface area contributed by atoms with Gasteiger partial charge in [-0.05, 0) is 56.9 Å². The molecule has 220 valence electrons. The van der Waals surface area contributed by atoms with E-state index in [-0.39, 0.29) is 56.2 Å². The van der Waals surface area contributed by atoms with Crippen molar-refractivity contribution in [2.75, 3.05) is 59.5 Å². The minimum Gasteiger partial charge on any atom is -0.494 e. The number of ketones is 2. The van der Waals surface area contributed by atoms with Gasteiger partial charge in [-0.1, -0.05) is 12.5 Å². The van der Waals surface area contributed by atoms with Gasteiger partial charge in [-0.25, -0.2) is 0 Å². The Morgan fingerprint density at radius 3 is 2.26 bits per heavy atom. The molecule has 0 aromatic carbocycles. The van der Waals surface area contributed by atoms with Gasteiger partial charge in [-0.3, -0.25) is 9.59 Å². The highest BCUT2D eigenvalue weighted by Crippen LogP contribution is 2.68. The first-order valence-corrected chi connectivity index (χ1v) is 14.1. The summed E-state index contributed by atoms with van der Waals surface area (Å²) < 4.78 is 22.3. The van der Waals surface area contributed by atoms with E-state index in [4.69, 9.17) is 24.1 Å². The summed E-state index contributed by atoms with van der Waals surface area (Å²) in [5.41, 5.74) is -2.22. The van der Waals surface area contributed by atoms with E-state index in [1.165, 1.54) is 6.08 Å². The summed E-state index contributed by atoms with van der Waals surface area (Å²) in [7, 11) is 0. The predicted octanol–water partition coefficient (Wildman–Crippen LogP) is 0.944. The number of aliphatic hydroxyl groups is 4. The maximum absolute atomic E-state index is 12.6. The molecule has 0 unspecified atom stereocenters. The summed E-state index contributed by atoms with van der Waals surface area (Å²) in [4.78, 5) is 25.2. The van der Waals surface area contributed by atoms with Crippen LogP contribution >= 0.6 is 0 Å². The highest BCUT2D eigenvalue weighted by Gasteiger charge is 2.68. The highest BCUT2D eigenvalue weighted by molar-refractivity contribution is 6.01. The predicted molar refractivity (Wildman–Crippen MR) is 139 cm³/mol. The zero-order chi connectivity index (χ0) is 28.3. The average molecular weight is 553 g/mol. The van der Waals surface area contributed by atoms with Crippen LogP contribution in [0.5, 0.6) is 0 Å². The van der Waals surface area contributed by atoms with Crippen LogP contribution in [0, 0.1) is 28.6 Å². The van der Waals surface area contributed by atoms with Crippen LogP contribution in [0.25, 0.3) is 0 Å². The number of carbonyl (C=O) groups is 2. The summed E-state index contributed by atoms with van der Waals surface area (Å²) in [6.45, 7) is 5.61. The van der Waals surface area contributed by atoms with Crippen molar-refractivity contribution in [2.24, 2.45) is 28.6 Å². The Labute approximate surface area is 230 Å². The quantitative estimate of drug-likeness (QED) is 0.229. The number of carbonyl (C=O) groups excluding carboxylic acids is 2. The Balaban J connectivity index is 1.40. The van der Waals surface area contributed by atoms with Gasteiger partial charge in [0.05, 0.1) is 57.8 Å². The van der Waals surface area contributed by atoms with Crippen molar-refractivity contribution in [2.45, 2.75) is 57.7 Å². The van der Waals surface area contributed by atoms with Crippen LogP contribution in [0.2, 0.25) is 0 Å². The molecule has 0 radical (unpaired) electrons. The third kappa shape index (κ3) is 5.49. The third-order valence-electron chi connectivity index (χ3n) is 9.86. The van der Waals surface area contributed by atoms with Crippen molar-refractivity contribution in [3.8, 4) is 0 Å². The minimum absolute atomic E-state index is 0.000950. The van der Waals surface area contributed by atoms with Crippen molar-refractivity contribution in [1.29, 1.82) is 0 Å². The lowest BCUT2D eigenvalue weighted by Crippen LogP contribution is -2.62. The fourth-order valence-corrected chi connectivity index (χ4v) is 8.00. The molecule has 4 N–H and O–H groups in total. The second-order valence-corrected chi connectivity index (χ2v) is 11.7. The molecule has 0 amide bonds. The maximum atomic E-state index is 12.6. The lowest BCUT2D eigenvalue weighted by atomic mass is 9.45. The molecule has 0 heterocycles. The molecule has 4 aliphatic rings. The summed E-state index contributed by atoms with van der Waals surface area (Å²) >= 11 is 0. The van der Waals surface area contributed by atoms with Crippen LogP contribution < -0.4 is 0 Å². The van der Waals surface area contributed by atoms with Gasteiger partial charge in [0.1, 0.15) is 24.6 Å². The SMILES string of the molecule is C[C@@]12C(=CC(=O)C=C1OCCOCCOCCOCCO)CC[C@@H]1[C@@H]2[C@@H](O)C[C@@]2(C)[C@H]1CC[C@]2(O)C(=O)CO. The summed E-state index contributed by atoms with van der Waals surface area (Å²) in [6.07, 6.45) is 4.94. The highest BCUT2D eigenvalue weighted by atomic mass is 16.6. The molecular formula is C29H44O10. The molecule has 0 bridgehead atoms. The number of Topliss-reactive ketones (excluding diaryl/α,β-unsaturated/α-hetero) is 1. The number of rotatable bonds is 14. The van der Waals surface area contributed by atoms with Crippen molar-refractivity contribution in [1.82, 2.24) is 0 Å². The molecule has 0 saturated heterocycles. The zero-order valence-electron chi connectivity index (χ0n) is 23.1. The van der Waals surface area contributed by atoms with E-state index < -0.39 is 34.9 Å². The Morgan fingerprint density at radius 2 is 1.62 bits per heavy atom. The molecular weight excluding hydrogens is 508 g/mol. The van der Waals surface area contributed by atoms with Gasteiger partial charge in [-0.15, -0.1) is 0 Å². The minimum atomic E-state index is -1.65. The largest absolute Gasteiger partial charge is 0.494 e. The molecule has 7 atom stereocenters. The number of aliphatic hydroxyl groups excluding tert-OH is 3. The fraction of sp³-hybridized carbons (Fsp3) is 0.793. The number of fused-ring (bicyclic) bond motifs is 5. The average Bonchev–Trinajstić information content (AvgIpc) is 3.17. The van der Waals surface area contributed by atoms with E-state index >= 15 is 0 Å². The van der Waals surface area contributed by atoms with Crippen LogP contribution in [-0.4, -0.2) is 103 Å². The molecule has 3 fully saturated rings. The van der Waals surface area contributed by atoms with Gasteiger partial charge >= 0.3 is 0 Å². The Hall–Kier alpha value is -1.66. The number of allylic oxidation sites excluding steroid dienone is 3. The molecule has 0 aromatic heterocycles. The number of hydrogen-bond acceptors (Lipinski definition) is 10. The van der Waals surface area contributed by atoms with Gasteiger partial charge in [-0.2, -0.15) is 0 Å². The van der Waals surface area contributed by atoms with Crippen molar-refractivity contribution in [3.05, 3.63) is 23.5 Å². The Morgan fingerprint density at radius 1 is 0.974 bits per heavy atom. The Bertz CT molecular complexity index is 962. The zero-order valence-corrected chi connectivity index (χ0v) is 23.1. The molecule has 0 aliphatic heterocycles. The third-order valence-corrected chi connectivity index (χ3v) is 9.86. The number of hydrogen-bond donors (Lipinski definition) is 4. The van der Waals surface area contributed by atoms with Gasteiger partial charge < -0.3 is 39.4 Å². The van der Waals surface area contributed by atoms with Gasteiger partial charge in [0.15, 0.2) is 11.6 Å². The molecule has 0 spiro atoms. The van der Waals surface area contributed by atoms with Crippen LogP contribution in [0.1, 0.15) is 46.0 Å². The van der Waals surface area contributed by atoms with E-state index in [2.05, 4.69) is 0 Å². The van der Waals surface area contributed by atoms with E-state index in [1.54, 1.807) is 6.08 Å². The first kappa shape index (κ1) is 30.3. The number of ether oxygens (including phenoxy) is 4. The molecule has 0 aromatic rings. The van der Waals surface area contributed by atoms with Gasteiger partial charge in [0, 0.05) is 17.4 Å². The van der Waals surface area contributed by atoms with Crippen molar-refractivity contribution >= 4 is 11.6 Å². The molecule has 10 nitrogen and oxygen atoms in total. The second-order valence-electron chi connectivity index (χ2n) is 11.7. The lowest BCUT2D eigenvalue weighted by Gasteiger charge is -2.60. The smallest absolute Gasteiger partial charge is 0.190 e. The van der Waals surface area contributed by atoms with Crippen LogP contribution in [0.4, 0.5) is 0 Å². The van der Waals surface area contributed by atoms with Crippen molar-refractivity contribution in [3.63, 3.8) is 0 Å². The maximum Gasteiger partial charge on any atom is 0.190 e. The normalized spacial score (nSPS) is 37.4. The standard InChI is InChI=1S/C29H44O10/c1-27-17-23(33)26-21(22(27)5-6-29(27,35)24(34)18-31)4-3-19-15-20(32)16-25(28(19,26)2)39-14-13-38-12-11-37-10-9-36-8-7-30/h15-16,21-23,26,30-31,33,35H,3-14,17-18H2,1-2H3/t21-,22-,23-,26+,27-,28+,29-/m0/s1. The fourth-order valence-electron chi connectivity index (χ4n) is 8.00. The molecule has 4 aliphatic carbocycles. The van der Waals surface area contributed by atoms with E-state index in [0.29, 0.717) is 51.6 Å². The molecule has 39 heavy (non-hydrogen) atoms. The summed E-state index contributed by atoms with van der Waals surface area (Å²) in [5, 5.41) is 41.3. The topological polar surface area (TPSA) is 152 Å². The van der Waals surface area contributed by atoms with E-state index in [1.807, 2.05) is 13.8 Å². The summed E-state index contributed by atoms with van der Waals surface area (Å²) in [6, 6.07) is 0. The van der Waals surface area contributed by atoms with Gasteiger partial charge in [0.2, 0.25) is 0 Å². The van der Waals surface area contributed by atoms with E-state index in [0.717, 1.165) is 12.0 Å². The molecule has 4 rings (SSSR count). The van der Waals surface area contributed by atoms with Crippen LogP contribution in [0.3, 0.4) is 0 Å². The van der Waals surface area contributed by atoms with E-state index in [9.17, 15) is 24.9 Å². The lowest BCUT2D eigenvalue weighted by molar-refractivity contribution is -0.181. The van der Waals surface area contributed by atoms with Crippen LogP contribution in [-0.2, 0) is 28.5 Å². The first-order valence-electron chi connectivity index (χ1n) is 14.1.